The molecule has 0 aromatic heterocycles. The largest absolute Gasteiger partial charge is 0.481 e. The molecule has 3 atom stereocenters. The van der Waals surface area contributed by atoms with E-state index in [1.807, 2.05) is 6.92 Å². The van der Waals surface area contributed by atoms with Gasteiger partial charge in [-0.2, -0.15) is 0 Å². The van der Waals surface area contributed by atoms with E-state index in [-0.39, 0.29) is 17.9 Å². The van der Waals surface area contributed by atoms with Gasteiger partial charge in [-0.25, -0.2) is 0 Å². The highest BCUT2D eigenvalue weighted by Crippen LogP contribution is 2.18. The second-order valence-electron chi connectivity index (χ2n) is 4.28. The van der Waals surface area contributed by atoms with E-state index in [1.54, 1.807) is 12.2 Å². The van der Waals surface area contributed by atoms with Gasteiger partial charge < -0.3 is 16.2 Å². The Hall–Kier alpha value is -1.36. The van der Waals surface area contributed by atoms with Crippen molar-refractivity contribution >= 4 is 11.9 Å². The molecule has 5 nitrogen and oxygen atoms in total. The van der Waals surface area contributed by atoms with E-state index in [9.17, 15) is 9.59 Å². The number of hydrogen-bond donors (Lipinski definition) is 3. The minimum atomic E-state index is -0.844. The molecular weight excluding hydrogens is 208 g/mol. The number of amides is 1. The van der Waals surface area contributed by atoms with Gasteiger partial charge in [0.1, 0.15) is 0 Å². The maximum Gasteiger partial charge on any atom is 0.310 e. The van der Waals surface area contributed by atoms with Gasteiger partial charge in [0, 0.05) is 12.5 Å². The van der Waals surface area contributed by atoms with Crippen molar-refractivity contribution in [3.63, 3.8) is 0 Å². The summed E-state index contributed by atoms with van der Waals surface area (Å²) < 4.78 is 0. The Bertz CT molecular complexity index is 302. The van der Waals surface area contributed by atoms with Crippen molar-refractivity contribution in [1.29, 1.82) is 0 Å². The molecule has 0 fully saturated rings. The lowest BCUT2D eigenvalue weighted by molar-refractivity contribution is -0.140. The molecule has 1 aliphatic carbocycles. The lowest BCUT2D eigenvalue weighted by Gasteiger charge is -2.14. The molecule has 0 heterocycles. The fraction of sp³-hybridized carbons (Fsp3) is 0.636. The highest BCUT2D eigenvalue weighted by molar-refractivity contribution is 5.77. The molecule has 90 valence electrons. The molecule has 0 spiro atoms. The summed E-state index contributed by atoms with van der Waals surface area (Å²) in [4.78, 5) is 22.2. The predicted molar refractivity (Wildman–Crippen MR) is 59.6 cm³/mol. The fourth-order valence-corrected chi connectivity index (χ4v) is 1.65. The average Bonchev–Trinajstić information content (AvgIpc) is 2.65. The Balaban J connectivity index is 2.32. The molecule has 5 heteroatoms. The van der Waals surface area contributed by atoms with Gasteiger partial charge in [0.25, 0.3) is 0 Å². The molecule has 4 N–H and O–H groups in total. The van der Waals surface area contributed by atoms with Crippen LogP contribution in [0.4, 0.5) is 0 Å². The summed E-state index contributed by atoms with van der Waals surface area (Å²) in [5, 5.41) is 11.6. The molecule has 0 saturated carbocycles. The van der Waals surface area contributed by atoms with E-state index in [0.29, 0.717) is 19.4 Å². The van der Waals surface area contributed by atoms with Gasteiger partial charge in [0.2, 0.25) is 5.91 Å². The molecule has 0 aromatic rings. The minimum absolute atomic E-state index is 0.0707. The van der Waals surface area contributed by atoms with E-state index in [2.05, 4.69) is 5.32 Å². The monoisotopic (exact) mass is 226 g/mol. The molecule has 0 saturated heterocycles. The highest BCUT2D eigenvalue weighted by Gasteiger charge is 2.25. The molecule has 0 radical (unpaired) electrons. The van der Waals surface area contributed by atoms with Crippen molar-refractivity contribution in [3.05, 3.63) is 12.2 Å². The third-order valence-electron chi connectivity index (χ3n) is 2.68. The second kappa shape index (κ2) is 5.65. The van der Waals surface area contributed by atoms with Gasteiger partial charge in [-0.05, 0) is 18.9 Å². The minimum Gasteiger partial charge on any atom is -0.481 e. The van der Waals surface area contributed by atoms with E-state index in [0.717, 1.165) is 0 Å². The van der Waals surface area contributed by atoms with Crippen LogP contribution >= 0.6 is 0 Å². The van der Waals surface area contributed by atoms with Crippen LogP contribution in [0.15, 0.2) is 12.2 Å². The zero-order valence-corrected chi connectivity index (χ0v) is 9.35. The maximum absolute atomic E-state index is 11.5. The molecule has 0 aromatic carbocycles. The lowest BCUT2D eigenvalue weighted by Crippen LogP contribution is -2.34. The van der Waals surface area contributed by atoms with E-state index < -0.39 is 11.9 Å². The quantitative estimate of drug-likeness (QED) is 0.580. The Morgan fingerprint density at radius 2 is 2.25 bits per heavy atom. The molecule has 1 aliphatic rings. The van der Waals surface area contributed by atoms with Crippen LogP contribution in [0, 0.1) is 11.8 Å². The van der Waals surface area contributed by atoms with E-state index in [4.69, 9.17) is 10.8 Å². The summed E-state index contributed by atoms with van der Waals surface area (Å²) in [5.74, 6) is -1.24. The first-order valence-electron chi connectivity index (χ1n) is 5.43. The number of aliphatic carboxylic acids is 1. The van der Waals surface area contributed by atoms with Crippen molar-refractivity contribution < 1.29 is 14.7 Å². The predicted octanol–water partition coefficient (Wildman–Crippen LogP) is 0.117. The molecule has 1 amide bonds. The molecule has 3 unspecified atom stereocenters. The standard InChI is InChI=1S/C11H18N2O3/c1-7(6-12)4-10(14)13-9-3-2-8(5-9)11(15)16/h2-3,7-9H,4-6,12H2,1H3,(H,13,14)(H,15,16). The maximum atomic E-state index is 11.5. The van der Waals surface area contributed by atoms with Crippen molar-refractivity contribution in [2.24, 2.45) is 17.6 Å². The SMILES string of the molecule is CC(CN)CC(=O)NC1C=CC(C(=O)O)C1. The number of rotatable bonds is 5. The van der Waals surface area contributed by atoms with Crippen LogP contribution in [0.1, 0.15) is 19.8 Å². The highest BCUT2D eigenvalue weighted by atomic mass is 16.4. The van der Waals surface area contributed by atoms with Crippen LogP contribution in [0.2, 0.25) is 0 Å². The van der Waals surface area contributed by atoms with Crippen molar-refractivity contribution in [1.82, 2.24) is 5.32 Å². The number of carboxylic acid groups (broad SMARTS) is 1. The Morgan fingerprint density at radius 3 is 2.75 bits per heavy atom. The van der Waals surface area contributed by atoms with Crippen LogP contribution < -0.4 is 11.1 Å². The Morgan fingerprint density at radius 1 is 1.56 bits per heavy atom. The molecule has 0 aliphatic heterocycles. The van der Waals surface area contributed by atoms with Crippen molar-refractivity contribution in [2.75, 3.05) is 6.54 Å². The van der Waals surface area contributed by atoms with Crippen molar-refractivity contribution in [3.8, 4) is 0 Å². The summed E-state index contributed by atoms with van der Waals surface area (Å²) in [7, 11) is 0. The first-order valence-corrected chi connectivity index (χ1v) is 5.43. The van der Waals surface area contributed by atoms with E-state index >= 15 is 0 Å². The van der Waals surface area contributed by atoms with Crippen LogP contribution in [0.5, 0.6) is 0 Å². The number of nitrogens with two attached hydrogens (primary N) is 1. The van der Waals surface area contributed by atoms with Gasteiger partial charge >= 0.3 is 5.97 Å². The number of hydrogen-bond acceptors (Lipinski definition) is 3. The van der Waals surface area contributed by atoms with Gasteiger partial charge in [-0.3, -0.25) is 9.59 Å². The summed E-state index contributed by atoms with van der Waals surface area (Å²) in [6.45, 7) is 2.38. The van der Waals surface area contributed by atoms with Crippen LogP contribution in [0.3, 0.4) is 0 Å². The first kappa shape index (κ1) is 12.7. The fourth-order valence-electron chi connectivity index (χ4n) is 1.65. The molecule has 0 bridgehead atoms. The third kappa shape index (κ3) is 3.66. The number of nitrogens with one attached hydrogen (secondary N) is 1. The third-order valence-corrected chi connectivity index (χ3v) is 2.68. The van der Waals surface area contributed by atoms with Crippen LogP contribution in [0.25, 0.3) is 0 Å². The lowest BCUT2D eigenvalue weighted by atomic mass is 10.1. The average molecular weight is 226 g/mol. The van der Waals surface area contributed by atoms with Gasteiger partial charge in [0.05, 0.1) is 5.92 Å². The summed E-state index contributed by atoms with van der Waals surface area (Å²) in [6, 6.07) is -0.154. The molecular formula is C11H18N2O3. The first-order chi connectivity index (χ1) is 7.52. The number of carbonyl (C=O) groups excluding carboxylic acids is 1. The normalized spacial score (nSPS) is 25.4. The zero-order valence-electron chi connectivity index (χ0n) is 9.35. The van der Waals surface area contributed by atoms with Crippen LogP contribution in [-0.4, -0.2) is 29.6 Å². The van der Waals surface area contributed by atoms with Gasteiger partial charge in [-0.15, -0.1) is 0 Å². The topological polar surface area (TPSA) is 92.4 Å². The Kier molecular flexibility index (Phi) is 4.49. The van der Waals surface area contributed by atoms with Gasteiger partial charge in [-0.1, -0.05) is 19.1 Å². The number of carboxylic acids is 1. The smallest absolute Gasteiger partial charge is 0.310 e. The zero-order chi connectivity index (χ0) is 12.1. The Labute approximate surface area is 94.7 Å². The summed E-state index contributed by atoms with van der Waals surface area (Å²) in [6.07, 6.45) is 4.19. The summed E-state index contributed by atoms with van der Waals surface area (Å²) >= 11 is 0. The molecule has 1 rings (SSSR count). The summed E-state index contributed by atoms with van der Waals surface area (Å²) in [5.41, 5.74) is 5.42. The van der Waals surface area contributed by atoms with Gasteiger partial charge in [0.15, 0.2) is 0 Å². The van der Waals surface area contributed by atoms with E-state index in [1.165, 1.54) is 0 Å². The number of carbonyl (C=O) groups is 2. The van der Waals surface area contributed by atoms with Crippen LogP contribution in [-0.2, 0) is 9.59 Å². The molecule has 16 heavy (non-hydrogen) atoms. The van der Waals surface area contributed by atoms with Crippen molar-refractivity contribution in [2.45, 2.75) is 25.8 Å². The second-order valence-corrected chi connectivity index (χ2v) is 4.28.